The molecule has 0 aromatic rings. The highest BCUT2D eigenvalue weighted by atomic mass is 16.3. The fraction of sp³-hybridized carbons (Fsp3) is 0.905. The molecule has 5 heteroatoms. The summed E-state index contributed by atoms with van der Waals surface area (Å²) in [6, 6.07) is 0.390. The third kappa shape index (κ3) is 3.17. The van der Waals surface area contributed by atoms with Crippen molar-refractivity contribution in [3.05, 3.63) is 0 Å². The van der Waals surface area contributed by atoms with Gasteiger partial charge in [-0.1, -0.05) is 0 Å². The van der Waals surface area contributed by atoms with Crippen LogP contribution in [0.4, 0.5) is 0 Å². The third-order valence-electron chi connectivity index (χ3n) is 7.75. The van der Waals surface area contributed by atoms with Crippen molar-refractivity contribution in [3.8, 4) is 0 Å². The maximum absolute atomic E-state index is 13.1. The molecule has 0 aromatic carbocycles. The van der Waals surface area contributed by atoms with Crippen LogP contribution >= 0.6 is 0 Å². The predicted molar refractivity (Wildman–Crippen MR) is 97.2 cm³/mol. The quantitative estimate of drug-likeness (QED) is 0.808. The number of carbonyl (C=O) groups is 2. The monoisotopic (exact) mass is 360 g/mol. The number of likely N-dealkylation sites (tertiary alicyclic amines) is 1. The first-order chi connectivity index (χ1) is 12.4. The minimum absolute atomic E-state index is 0.0269. The Kier molecular flexibility index (Phi) is 3.90. The Bertz CT molecular complexity index is 600. The molecule has 144 valence electrons. The van der Waals surface area contributed by atoms with Gasteiger partial charge in [-0.05, 0) is 81.5 Å². The molecule has 4 bridgehead atoms. The fourth-order valence-electron chi connectivity index (χ4n) is 7.01. The van der Waals surface area contributed by atoms with Crippen molar-refractivity contribution in [1.29, 1.82) is 0 Å². The summed E-state index contributed by atoms with van der Waals surface area (Å²) < 4.78 is 0. The summed E-state index contributed by atoms with van der Waals surface area (Å²) in [5.41, 5.74) is -0.474. The lowest BCUT2D eigenvalue weighted by Gasteiger charge is -2.60. The molecule has 0 unspecified atom stereocenters. The molecular weight excluding hydrogens is 328 g/mol. The second-order valence-electron chi connectivity index (χ2n) is 10.3. The Morgan fingerprint density at radius 1 is 1.08 bits per heavy atom. The topological polar surface area (TPSA) is 69.6 Å². The van der Waals surface area contributed by atoms with Crippen molar-refractivity contribution >= 4 is 11.8 Å². The van der Waals surface area contributed by atoms with E-state index in [1.807, 2.05) is 4.90 Å². The second-order valence-corrected chi connectivity index (χ2v) is 10.3. The van der Waals surface area contributed by atoms with Crippen LogP contribution in [0.1, 0.15) is 70.6 Å². The second kappa shape index (κ2) is 5.95. The molecule has 6 aliphatic rings. The van der Waals surface area contributed by atoms with Crippen molar-refractivity contribution in [2.75, 3.05) is 13.1 Å². The van der Waals surface area contributed by atoms with Gasteiger partial charge in [0, 0.05) is 25.6 Å². The van der Waals surface area contributed by atoms with E-state index < -0.39 is 5.60 Å². The van der Waals surface area contributed by atoms with Gasteiger partial charge in [0.25, 0.3) is 0 Å². The number of amides is 2. The van der Waals surface area contributed by atoms with Crippen LogP contribution in [0.15, 0.2) is 0 Å². The molecule has 0 aromatic heterocycles. The Labute approximate surface area is 155 Å². The van der Waals surface area contributed by atoms with E-state index in [4.69, 9.17) is 0 Å². The summed E-state index contributed by atoms with van der Waals surface area (Å²) in [5.74, 6) is 1.57. The SMILES string of the molecule is O=C(NC1CC1)[C@@H]1CCCN(C(=O)CC23C[C@H]4C[C@@H](CC(O)(C4)C2)C3)C1. The zero-order valence-corrected chi connectivity index (χ0v) is 15.7. The van der Waals surface area contributed by atoms with Gasteiger partial charge in [0.15, 0.2) is 0 Å². The normalized spacial score (nSPS) is 44.2. The summed E-state index contributed by atoms with van der Waals surface area (Å²) in [4.78, 5) is 27.4. The van der Waals surface area contributed by atoms with Crippen molar-refractivity contribution in [1.82, 2.24) is 10.2 Å². The van der Waals surface area contributed by atoms with E-state index in [1.165, 1.54) is 6.42 Å². The van der Waals surface area contributed by atoms with Crippen molar-refractivity contribution in [2.24, 2.45) is 23.2 Å². The van der Waals surface area contributed by atoms with Gasteiger partial charge in [-0.25, -0.2) is 0 Å². The van der Waals surface area contributed by atoms with Crippen LogP contribution in [-0.4, -0.2) is 46.6 Å². The van der Waals surface area contributed by atoms with Gasteiger partial charge in [0.1, 0.15) is 0 Å². The lowest BCUT2D eigenvalue weighted by Crippen LogP contribution is -2.57. The molecule has 5 aliphatic carbocycles. The molecule has 1 saturated heterocycles. The molecule has 26 heavy (non-hydrogen) atoms. The van der Waals surface area contributed by atoms with E-state index in [-0.39, 0.29) is 23.1 Å². The molecular formula is C21H32N2O3. The first-order valence-corrected chi connectivity index (χ1v) is 10.7. The zero-order chi connectivity index (χ0) is 17.9. The number of piperidine rings is 1. The van der Waals surface area contributed by atoms with Crippen LogP contribution < -0.4 is 5.32 Å². The molecule has 6 fully saturated rings. The number of rotatable bonds is 4. The van der Waals surface area contributed by atoms with Gasteiger partial charge >= 0.3 is 0 Å². The summed E-state index contributed by atoms with van der Waals surface area (Å²) >= 11 is 0. The summed E-state index contributed by atoms with van der Waals surface area (Å²) in [6.45, 7) is 1.38. The van der Waals surface area contributed by atoms with E-state index in [0.29, 0.717) is 30.8 Å². The van der Waals surface area contributed by atoms with Crippen LogP contribution in [0.3, 0.4) is 0 Å². The number of hydrogen-bond donors (Lipinski definition) is 2. The molecule has 1 aliphatic heterocycles. The molecule has 2 amide bonds. The molecule has 6 rings (SSSR count). The number of aliphatic hydroxyl groups is 1. The van der Waals surface area contributed by atoms with E-state index in [9.17, 15) is 14.7 Å². The largest absolute Gasteiger partial charge is 0.390 e. The van der Waals surface area contributed by atoms with Gasteiger partial charge in [-0.3, -0.25) is 9.59 Å². The summed E-state index contributed by atoms with van der Waals surface area (Å²) in [7, 11) is 0. The van der Waals surface area contributed by atoms with Crippen LogP contribution in [0.5, 0.6) is 0 Å². The van der Waals surface area contributed by atoms with E-state index >= 15 is 0 Å². The highest BCUT2D eigenvalue weighted by Crippen LogP contribution is 2.62. The Morgan fingerprint density at radius 3 is 2.46 bits per heavy atom. The molecule has 3 atom stereocenters. The van der Waals surface area contributed by atoms with E-state index in [2.05, 4.69) is 5.32 Å². The van der Waals surface area contributed by atoms with Crippen LogP contribution in [0.25, 0.3) is 0 Å². The Balaban J connectivity index is 1.23. The highest BCUT2D eigenvalue weighted by molar-refractivity contribution is 5.82. The maximum atomic E-state index is 13.1. The molecule has 0 spiro atoms. The van der Waals surface area contributed by atoms with Crippen molar-refractivity contribution < 1.29 is 14.7 Å². The third-order valence-corrected chi connectivity index (χ3v) is 7.75. The zero-order valence-electron chi connectivity index (χ0n) is 15.7. The number of hydrogen-bond acceptors (Lipinski definition) is 3. The fourth-order valence-corrected chi connectivity index (χ4v) is 7.01. The average Bonchev–Trinajstić information content (AvgIpc) is 3.36. The van der Waals surface area contributed by atoms with Crippen LogP contribution in [0.2, 0.25) is 0 Å². The van der Waals surface area contributed by atoms with Gasteiger partial charge in [-0.2, -0.15) is 0 Å². The van der Waals surface area contributed by atoms with Crippen molar-refractivity contribution in [2.45, 2.75) is 82.3 Å². The van der Waals surface area contributed by atoms with Crippen LogP contribution in [0, 0.1) is 23.2 Å². The molecule has 0 radical (unpaired) electrons. The Hall–Kier alpha value is -1.10. The summed E-state index contributed by atoms with van der Waals surface area (Å²) in [5, 5.41) is 14.0. The minimum atomic E-state index is -0.501. The van der Waals surface area contributed by atoms with Gasteiger partial charge < -0.3 is 15.3 Å². The van der Waals surface area contributed by atoms with Gasteiger partial charge in [0.05, 0.1) is 11.5 Å². The average molecular weight is 360 g/mol. The lowest BCUT2D eigenvalue weighted by atomic mass is 9.47. The number of carbonyl (C=O) groups excluding carboxylic acids is 2. The molecule has 5 nitrogen and oxygen atoms in total. The highest BCUT2D eigenvalue weighted by Gasteiger charge is 2.57. The molecule has 2 N–H and O–H groups in total. The first kappa shape index (κ1) is 17.0. The maximum Gasteiger partial charge on any atom is 0.225 e. The van der Waals surface area contributed by atoms with Crippen LogP contribution in [-0.2, 0) is 9.59 Å². The predicted octanol–water partition coefficient (Wildman–Crippen LogP) is 2.22. The minimum Gasteiger partial charge on any atom is -0.390 e. The lowest BCUT2D eigenvalue weighted by molar-refractivity contribution is -0.172. The first-order valence-electron chi connectivity index (χ1n) is 10.7. The van der Waals surface area contributed by atoms with E-state index in [0.717, 1.165) is 64.3 Å². The molecule has 5 saturated carbocycles. The number of nitrogens with zero attached hydrogens (tertiary/aromatic N) is 1. The molecule has 1 heterocycles. The Morgan fingerprint density at radius 2 is 1.81 bits per heavy atom. The van der Waals surface area contributed by atoms with Crippen molar-refractivity contribution in [3.63, 3.8) is 0 Å². The number of nitrogens with one attached hydrogen (secondary N) is 1. The van der Waals surface area contributed by atoms with E-state index in [1.54, 1.807) is 0 Å². The van der Waals surface area contributed by atoms with Gasteiger partial charge in [0.2, 0.25) is 11.8 Å². The summed E-state index contributed by atoms with van der Waals surface area (Å²) in [6.07, 6.45) is 10.8. The smallest absolute Gasteiger partial charge is 0.225 e. The standard InChI is InChI=1S/C21H32N2O3/c24-18(23-5-1-2-16(12-23)19(25)22-17-3-4-17)11-20-7-14-6-15(8-20)10-21(26,9-14)13-20/h14-17,26H,1-13H2,(H,22,25)/t14-,15-,16-,20?,21?/m1/s1. The van der Waals surface area contributed by atoms with Gasteiger partial charge in [-0.15, -0.1) is 0 Å².